The fraction of sp³-hybridized carbons (Fsp3) is 0.400. The Morgan fingerprint density at radius 1 is 1.40 bits per heavy atom. The zero-order chi connectivity index (χ0) is 14.9. The molecule has 0 atom stereocenters. The quantitative estimate of drug-likeness (QED) is 0.915. The van der Waals surface area contributed by atoms with Crippen molar-refractivity contribution in [1.29, 1.82) is 0 Å². The first-order valence-corrected chi connectivity index (χ1v) is 7.49. The molecule has 4 nitrogen and oxygen atoms in total. The van der Waals surface area contributed by atoms with Gasteiger partial charge >= 0.3 is 0 Å². The molecule has 0 radical (unpaired) electrons. The van der Waals surface area contributed by atoms with E-state index in [9.17, 15) is 0 Å². The summed E-state index contributed by atoms with van der Waals surface area (Å²) < 4.78 is 8.48. The van der Waals surface area contributed by atoms with E-state index < -0.39 is 0 Å². The molecule has 0 aliphatic rings. The van der Waals surface area contributed by atoms with E-state index in [1.165, 1.54) is 0 Å². The third-order valence-electron chi connectivity index (χ3n) is 3.27. The van der Waals surface area contributed by atoms with Crippen LogP contribution in [0.4, 0.5) is 5.82 Å². The molecule has 5 heteroatoms. The standard InChI is InChI=1S/C15H20BrN3O/c1-5-13-18-14(15(17)19(13)9(2)3)11-8-10(16)6-7-12(11)20-4/h6-9H,5,17H2,1-4H3. The molecule has 0 unspecified atom stereocenters. The second-order valence-electron chi connectivity index (χ2n) is 4.92. The lowest BCUT2D eigenvalue weighted by atomic mass is 10.1. The van der Waals surface area contributed by atoms with Crippen molar-refractivity contribution >= 4 is 21.7 Å². The van der Waals surface area contributed by atoms with Gasteiger partial charge in [-0.05, 0) is 32.0 Å². The maximum atomic E-state index is 6.32. The Morgan fingerprint density at radius 3 is 2.60 bits per heavy atom. The van der Waals surface area contributed by atoms with Crippen LogP contribution in [0.15, 0.2) is 22.7 Å². The van der Waals surface area contributed by atoms with Gasteiger partial charge in [-0.15, -0.1) is 0 Å². The summed E-state index contributed by atoms with van der Waals surface area (Å²) >= 11 is 3.49. The number of halogens is 1. The molecule has 0 aliphatic heterocycles. The van der Waals surface area contributed by atoms with Crippen LogP contribution in [0.1, 0.15) is 32.6 Å². The van der Waals surface area contributed by atoms with Crippen molar-refractivity contribution in [3.8, 4) is 17.0 Å². The maximum Gasteiger partial charge on any atom is 0.132 e. The summed E-state index contributed by atoms with van der Waals surface area (Å²) in [5.74, 6) is 2.46. The van der Waals surface area contributed by atoms with E-state index in [1.54, 1.807) is 7.11 Å². The minimum Gasteiger partial charge on any atom is -0.496 e. The molecule has 20 heavy (non-hydrogen) atoms. The topological polar surface area (TPSA) is 53.1 Å². The van der Waals surface area contributed by atoms with Crippen molar-refractivity contribution in [2.24, 2.45) is 0 Å². The average molecular weight is 338 g/mol. The number of ether oxygens (including phenoxy) is 1. The molecule has 1 aromatic heterocycles. The first-order valence-electron chi connectivity index (χ1n) is 6.70. The Hall–Kier alpha value is -1.49. The number of nitrogens with two attached hydrogens (primary N) is 1. The molecule has 0 saturated carbocycles. The fourth-order valence-corrected chi connectivity index (χ4v) is 2.74. The van der Waals surface area contributed by atoms with E-state index >= 15 is 0 Å². The van der Waals surface area contributed by atoms with Crippen LogP contribution in [0, 0.1) is 0 Å². The van der Waals surface area contributed by atoms with Gasteiger partial charge in [0.15, 0.2) is 0 Å². The number of benzene rings is 1. The summed E-state index contributed by atoms with van der Waals surface area (Å²) in [4.78, 5) is 4.71. The molecular formula is C15H20BrN3O. The first-order chi connectivity index (χ1) is 9.49. The summed E-state index contributed by atoms with van der Waals surface area (Å²) in [5, 5.41) is 0. The van der Waals surface area contributed by atoms with Crippen molar-refractivity contribution < 1.29 is 4.74 Å². The SMILES string of the molecule is CCc1nc(-c2cc(Br)ccc2OC)c(N)n1C(C)C. The molecule has 0 amide bonds. The average Bonchev–Trinajstić information content (AvgIpc) is 2.75. The zero-order valence-corrected chi connectivity index (χ0v) is 13.9. The van der Waals surface area contributed by atoms with Crippen molar-refractivity contribution in [2.75, 3.05) is 12.8 Å². The van der Waals surface area contributed by atoms with Crippen LogP contribution >= 0.6 is 15.9 Å². The summed E-state index contributed by atoms with van der Waals surface area (Å²) in [6.45, 7) is 6.31. The molecule has 1 aromatic carbocycles. The molecular weight excluding hydrogens is 318 g/mol. The number of methoxy groups -OCH3 is 1. The van der Waals surface area contributed by atoms with Crippen molar-refractivity contribution in [3.63, 3.8) is 0 Å². The van der Waals surface area contributed by atoms with E-state index in [0.29, 0.717) is 5.82 Å². The Labute approximate surface area is 128 Å². The lowest BCUT2D eigenvalue weighted by Crippen LogP contribution is -2.08. The molecule has 0 aliphatic carbocycles. The number of hydrogen-bond donors (Lipinski definition) is 1. The van der Waals surface area contributed by atoms with Crippen molar-refractivity contribution in [2.45, 2.75) is 33.2 Å². The second kappa shape index (κ2) is 5.87. The molecule has 0 bridgehead atoms. The van der Waals surface area contributed by atoms with Crippen molar-refractivity contribution in [3.05, 3.63) is 28.5 Å². The van der Waals surface area contributed by atoms with Crippen LogP contribution in [0.25, 0.3) is 11.3 Å². The van der Waals surface area contributed by atoms with Crippen LogP contribution in [-0.2, 0) is 6.42 Å². The molecule has 108 valence electrons. The lowest BCUT2D eigenvalue weighted by molar-refractivity contribution is 0.416. The number of hydrogen-bond acceptors (Lipinski definition) is 3. The Morgan fingerprint density at radius 2 is 2.10 bits per heavy atom. The van der Waals surface area contributed by atoms with Crippen molar-refractivity contribution in [1.82, 2.24) is 9.55 Å². The van der Waals surface area contributed by atoms with Crippen LogP contribution in [0.5, 0.6) is 5.75 Å². The lowest BCUT2D eigenvalue weighted by Gasteiger charge is -2.13. The molecule has 1 heterocycles. The van der Waals surface area contributed by atoms with Gasteiger partial charge in [0.25, 0.3) is 0 Å². The van der Waals surface area contributed by atoms with Crippen LogP contribution in [0.3, 0.4) is 0 Å². The predicted octanol–water partition coefficient (Wildman–Crippen LogP) is 4.05. The molecule has 2 aromatic rings. The molecule has 0 fully saturated rings. The van der Waals surface area contributed by atoms with Gasteiger partial charge < -0.3 is 15.0 Å². The summed E-state index contributed by atoms with van der Waals surface area (Å²) in [7, 11) is 1.66. The van der Waals surface area contributed by atoms with E-state index in [2.05, 4.69) is 41.3 Å². The van der Waals surface area contributed by atoms with Gasteiger partial charge in [0, 0.05) is 22.5 Å². The normalized spacial score (nSPS) is 11.1. The highest BCUT2D eigenvalue weighted by molar-refractivity contribution is 9.10. The second-order valence-corrected chi connectivity index (χ2v) is 5.84. The monoisotopic (exact) mass is 337 g/mol. The highest BCUT2D eigenvalue weighted by Gasteiger charge is 2.19. The number of aromatic nitrogens is 2. The van der Waals surface area contributed by atoms with Crippen LogP contribution < -0.4 is 10.5 Å². The minimum absolute atomic E-state index is 0.282. The zero-order valence-electron chi connectivity index (χ0n) is 12.3. The predicted molar refractivity (Wildman–Crippen MR) is 86.1 cm³/mol. The maximum absolute atomic E-state index is 6.32. The fourth-order valence-electron chi connectivity index (χ4n) is 2.38. The number of nitrogen functional groups attached to an aromatic ring is 1. The Kier molecular flexibility index (Phi) is 4.38. The van der Waals surface area contributed by atoms with Gasteiger partial charge in [-0.3, -0.25) is 0 Å². The van der Waals surface area contributed by atoms with E-state index in [1.807, 2.05) is 18.2 Å². The van der Waals surface area contributed by atoms with Gasteiger partial charge in [-0.2, -0.15) is 0 Å². The third-order valence-corrected chi connectivity index (χ3v) is 3.76. The number of imidazole rings is 1. The number of rotatable bonds is 4. The molecule has 0 spiro atoms. The van der Waals surface area contributed by atoms with Crippen LogP contribution in [-0.4, -0.2) is 16.7 Å². The minimum atomic E-state index is 0.282. The number of nitrogens with zero attached hydrogens (tertiary/aromatic N) is 2. The third kappa shape index (κ3) is 2.54. The van der Waals surface area contributed by atoms with Gasteiger partial charge in [0.05, 0.1) is 7.11 Å². The van der Waals surface area contributed by atoms with Gasteiger partial charge in [0.1, 0.15) is 23.1 Å². The van der Waals surface area contributed by atoms with Crippen LogP contribution in [0.2, 0.25) is 0 Å². The number of anilines is 1. The highest BCUT2D eigenvalue weighted by atomic mass is 79.9. The number of aryl methyl sites for hydroxylation is 1. The molecule has 2 N–H and O–H groups in total. The largest absolute Gasteiger partial charge is 0.496 e. The summed E-state index contributed by atoms with van der Waals surface area (Å²) in [6, 6.07) is 6.13. The first kappa shape index (κ1) is 14.9. The van der Waals surface area contributed by atoms with Gasteiger partial charge in [-0.1, -0.05) is 22.9 Å². The van der Waals surface area contributed by atoms with E-state index in [-0.39, 0.29) is 6.04 Å². The highest BCUT2D eigenvalue weighted by Crippen LogP contribution is 2.36. The van der Waals surface area contributed by atoms with E-state index in [4.69, 9.17) is 15.5 Å². The smallest absolute Gasteiger partial charge is 0.132 e. The van der Waals surface area contributed by atoms with E-state index in [0.717, 1.165) is 33.7 Å². The Balaban J connectivity index is 2.67. The van der Waals surface area contributed by atoms with Gasteiger partial charge in [-0.25, -0.2) is 4.98 Å². The summed E-state index contributed by atoms with van der Waals surface area (Å²) in [6.07, 6.45) is 0.846. The molecule has 2 rings (SSSR count). The molecule has 0 saturated heterocycles. The van der Waals surface area contributed by atoms with Gasteiger partial charge in [0.2, 0.25) is 0 Å². The Bertz CT molecular complexity index is 620. The summed E-state index contributed by atoms with van der Waals surface area (Å²) in [5.41, 5.74) is 8.01.